The van der Waals surface area contributed by atoms with Gasteiger partial charge in [-0.2, -0.15) is 0 Å². The summed E-state index contributed by atoms with van der Waals surface area (Å²) >= 11 is 1.95. The molecule has 0 spiro atoms. The fraction of sp³-hybridized carbons (Fsp3) is 0.917. The van der Waals surface area contributed by atoms with Gasteiger partial charge in [0.05, 0.1) is 6.54 Å². The van der Waals surface area contributed by atoms with Crippen molar-refractivity contribution in [3.63, 3.8) is 0 Å². The Labute approximate surface area is 97.3 Å². The molecular weight excluding hydrogens is 204 g/mol. The van der Waals surface area contributed by atoms with Crippen LogP contribution in [0, 0.1) is 0 Å². The average molecular weight is 226 g/mol. The summed E-state index contributed by atoms with van der Waals surface area (Å²) in [5.41, 5.74) is 0. The first-order valence-electron chi connectivity index (χ1n) is 6.36. The minimum atomic E-state index is 0.703. The molecule has 1 N–H and O–H groups in total. The molecule has 0 amide bonds. The largest absolute Gasteiger partial charge is 0.362 e. The highest BCUT2D eigenvalue weighted by atomic mass is 32.2. The van der Waals surface area contributed by atoms with E-state index in [1.807, 2.05) is 11.8 Å². The fourth-order valence-electron chi connectivity index (χ4n) is 2.31. The number of amidine groups is 1. The predicted molar refractivity (Wildman–Crippen MR) is 68.6 cm³/mol. The van der Waals surface area contributed by atoms with Crippen LogP contribution >= 0.6 is 11.8 Å². The van der Waals surface area contributed by atoms with E-state index in [-0.39, 0.29) is 0 Å². The summed E-state index contributed by atoms with van der Waals surface area (Å²) in [5.74, 6) is 0. The Kier molecular flexibility index (Phi) is 4.36. The standard InChI is InChI=1S/C12H22N2S/c1-2-11-9-13-12(15-11)14-10-7-5-3-4-6-8-10/h10-11H,2-9H2,1H3,(H,13,14). The van der Waals surface area contributed by atoms with Gasteiger partial charge in [-0.3, -0.25) is 4.99 Å². The van der Waals surface area contributed by atoms with Gasteiger partial charge in [-0.05, 0) is 19.3 Å². The van der Waals surface area contributed by atoms with Crippen LogP contribution in [0.25, 0.3) is 0 Å². The fourth-order valence-corrected chi connectivity index (χ4v) is 3.32. The third kappa shape index (κ3) is 3.40. The molecule has 0 aromatic rings. The predicted octanol–water partition coefficient (Wildman–Crippen LogP) is 3.18. The van der Waals surface area contributed by atoms with Crippen LogP contribution in [0.1, 0.15) is 51.9 Å². The lowest BCUT2D eigenvalue weighted by Crippen LogP contribution is -2.32. The third-order valence-electron chi connectivity index (χ3n) is 3.35. The van der Waals surface area contributed by atoms with Gasteiger partial charge < -0.3 is 5.32 Å². The number of aliphatic imine (C=N–C) groups is 1. The first kappa shape index (κ1) is 11.3. The van der Waals surface area contributed by atoms with Crippen LogP contribution in [0.5, 0.6) is 0 Å². The van der Waals surface area contributed by atoms with E-state index < -0.39 is 0 Å². The molecule has 2 rings (SSSR count). The lowest BCUT2D eigenvalue weighted by molar-refractivity contribution is 0.536. The minimum absolute atomic E-state index is 0.703. The molecule has 0 bridgehead atoms. The average Bonchev–Trinajstić information content (AvgIpc) is 2.54. The Hall–Kier alpha value is -0.180. The highest BCUT2D eigenvalue weighted by Crippen LogP contribution is 2.24. The summed E-state index contributed by atoms with van der Waals surface area (Å²) in [6.07, 6.45) is 9.57. The van der Waals surface area contributed by atoms with Crippen molar-refractivity contribution in [2.75, 3.05) is 6.54 Å². The Bertz CT molecular complexity index is 220. The molecule has 1 atom stereocenters. The van der Waals surface area contributed by atoms with E-state index in [9.17, 15) is 0 Å². The molecule has 86 valence electrons. The van der Waals surface area contributed by atoms with E-state index in [1.54, 1.807) is 0 Å². The van der Waals surface area contributed by atoms with E-state index in [1.165, 1.54) is 50.1 Å². The van der Waals surface area contributed by atoms with Gasteiger partial charge in [-0.1, -0.05) is 44.4 Å². The van der Waals surface area contributed by atoms with Gasteiger partial charge in [-0.25, -0.2) is 0 Å². The van der Waals surface area contributed by atoms with Crippen molar-refractivity contribution in [2.24, 2.45) is 4.99 Å². The van der Waals surface area contributed by atoms with Crippen molar-refractivity contribution in [1.82, 2.24) is 5.32 Å². The van der Waals surface area contributed by atoms with E-state index in [0.29, 0.717) is 6.04 Å². The lowest BCUT2D eigenvalue weighted by Gasteiger charge is -2.17. The second kappa shape index (κ2) is 5.78. The van der Waals surface area contributed by atoms with Crippen molar-refractivity contribution in [1.29, 1.82) is 0 Å². The quantitative estimate of drug-likeness (QED) is 0.731. The number of rotatable bonds is 2. The molecule has 3 heteroatoms. The SMILES string of the molecule is CCC1CN=C(NC2CCCCCC2)S1. The second-order valence-corrected chi connectivity index (χ2v) is 5.92. The van der Waals surface area contributed by atoms with Crippen LogP contribution in [0.3, 0.4) is 0 Å². The Morgan fingerprint density at radius 1 is 1.27 bits per heavy atom. The van der Waals surface area contributed by atoms with Crippen LogP contribution in [0.15, 0.2) is 4.99 Å². The molecule has 1 aliphatic carbocycles. The molecule has 1 aliphatic heterocycles. The van der Waals surface area contributed by atoms with Crippen LogP contribution in [0.4, 0.5) is 0 Å². The highest BCUT2D eigenvalue weighted by molar-refractivity contribution is 8.14. The van der Waals surface area contributed by atoms with Crippen molar-refractivity contribution in [3.8, 4) is 0 Å². The molecular formula is C12H22N2S. The number of nitrogens with one attached hydrogen (secondary N) is 1. The topological polar surface area (TPSA) is 24.4 Å². The summed E-state index contributed by atoms with van der Waals surface area (Å²) in [7, 11) is 0. The van der Waals surface area contributed by atoms with Gasteiger partial charge >= 0.3 is 0 Å². The molecule has 1 fully saturated rings. The van der Waals surface area contributed by atoms with Crippen molar-refractivity contribution in [2.45, 2.75) is 63.2 Å². The van der Waals surface area contributed by atoms with Gasteiger partial charge in [-0.15, -0.1) is 0 Å². The molecule has 0 radical (unpaired) electrons. The van der Waals surface area contributed by atoms with Gasteiger partial charge in [0.2, 0.25) is 0 Å². The number of thioether (sulfide) groups is 1. The lowest BCUT2D eigenvalue weighted by atomic mass is 10.1. The van der Waals surface area contributed by atoms with Crippen molar-refractivity contribution < 1.29 is 0 Å². The van der Waals surface area contributed by atoms with E-state index >= 15 is 0 Å². The molecule has 2 aliphatic rings. The van der Waals surface area contributed by atoms with E-state index in [4.69, 9.17) is 0 Å². The van der Waals surface area contributed by atoms with Crippen molar-refractivity contribution >= 4 is 16.9 Å². The summed E-state index contributed by atoms with van der Waals surface area (Å²) in [6.45, 7) is 3.28. The van der Waals surface area contributed by atoms with E-state index in [0.717, 1.165) is 11.8 Å². The summed E-state index contributed by atoms with van der Waals surface area (Å²) < 4.78 is 0. The summed E-state index contributed by atoms with van der Waals surface area (Å²) in [4.78, 5) is 4.58. The Morgan fingerprint density at radius 3 is 2.60 bits per heavy atom. The highest BCUT2D eigenvalue weighted by Gasteiger charge is 2.20. The number of nitrogens with zero attached hydrogens (tertiary/aromatic N) is 1. The normalized spacial score (nSPS) is 28.6. The second-order valence-electron chi connectivity index (χ2n) is 4.63. The smallest absolute Gasteiger partial charge is 0.157 e. The van der Waals surface area contributed by atoms with Crippen LogP contribution in [-0.2, 0) is 0 Å². The van der Waals surface area contributed by atoms with E-state index in [2.05, 4.69) is 17.2 Å². The third-order valence-corrected chi connectivity index (χ3v) is 4.64. The zero-order valence-electron chi connectivity index (χ0n) is 9.67. The molecule has 2 nitrogen and oxygen atoms in total. The van der Waals surface area contributed by atoms with Gasteiger partial charge in [0.25, 0.3) is 0 Å². The van der Waals surface area contributed by atoms with Crippen LogP contribution in [0.2, 0.25) is 0 Å². The maximum atomic E-state index is 4.58. The Morgan fingerprint density at radius 2 is 2.00 bits per heavy atom. The first-order chi connectivity index (χ1) is 7.38. The summed E-state index contributed by atoms with van der Waals surface area (Å²) in [5, 5.41) is 5.59. The molecule has 0 saturated heterocycles. The molecule has 1 heterocycles. The zero-order valence-corrected chi connectivity index (χ0v) is 10.5. The van der Waals surface area contributed by atoms with Gasteiger partial charge in [0, 0.05) is 11.3 Å². The first-order valence-corrected chi connectivity index (χ1v) is 7.24. The number of hydrogen-bond acceptors (Lipinski definition) is 3. The monoisotopic (exact) mass is 226 g/mol. The molecule has 1 unspecified atom stereocenters. The molecule has 1 saturated carbocycles. The molecule has 15 heavy (non-hydrogen) atoms. The minimum Gasteiger partial charge on any atom is -0.362 e. The van der Waals surface area contributed by atoms with Gasteiger partial charge in [0.15, 0.2) is 5.17 Å². The van der Waals surface area contributed by atoms with Crippen LogP contribution in [-0.4, -0.2) is 23.0 Å². The van der Waals surface area contributed by atoms with Crippen LogP contribution < -0.4 is 5.32 Å². The molecule has 0 aromatic heterocycles. The number of hydrogen-bond donors (Lipinski definition) is 1. The maximum Gasteiger partial charge on any atom is 0.157 e. The summed E-state index contributed by atoms with van der Waals surface area (Å²) in [6, 6.07) is 0.703. The van der Waals surface area contributed by atoms with Crippen molar-refractivity contribution in [3.05, 3.63) is 0 Å². The zero-order chi connectivity index (χ0) is 10.5. The van der Waals surface area contributed by atoms with Gasteiger partial charge in [0.1, 0.15) is 0 Å². The maximum absolute atomic E-state index is 4.58. The Balaban J connectivity index is 1.76. The molecule has 0 aromatic carbocycles.